The summed E-state index contributed by atoms with van der Waals surface area (Å²) in [5, 5.41) is 0. The molecule has 1 aliphatic rings. The van der Waals surface area contributed by atoms with Crippen LogP contribution in [0.1, 0.15) is 88.0 Å². The summed E-state index contributed by atoms with van der Waals surface area (Å²) in [6.07, 6.45) is 1.17. The lowest BCUT2D eigenvalue weighted by Gasteiger charge is -2.36. The van der Waals surface area contributed by atoms with Crippen LogP contribution in [0.3, 0.4) is 0 Å². The van der Waals surface area contributed by atoms with Crippen LogP contribution < -0.4 is 5.73 Å². The van der Waals surface area contributed by atoms with Crippen molar-refractivity contribution in [3.63, 3.8) is 0 Å². The molecular weight excluding hydrogens is 530 g/mol. The average Bonchev–Trinajstić information content (AvgIpc) is 2.78. The van der Waals surface area contributed by atoms with Gasteiger partial charge in [-0.3, -0.25) is 4.79 Å². The minimum atomic E-state index is -0.721. The minimum absolute atomic E-state index is 0.0530. The van der Waals surface area contributed by atoms with Crippen LogP contribution in [-0.2, 0) is 19.0 Å². The maximum atomic E-state index is 13.2. The molecule has 2 N–H and O–H groups in total. The number of hydrogen-bond donors (Lipinski definition) is 1. The zero-order valence-electron chi connectivity index (χ0n) is 26.9. The Kier molecular flexibility index (Phi) is 14.2. The van der Waals surface area contributed by atoms with Gasteiger partial charge in [-0.25, -0.2) is 14.4 Å². The van der Waals surface area contributed by atoms with Crippen molar-refractivity contribution >= 4 is 24.2 Å². The van der Waals surface area contributed by atoms with Crippen LogP contribution in [0, 0.1) is 0 Å². The molecule has 1 heterocycles. The van der Waals surface area contributed by atoms with E-state index in [4.69, 9.17) is 19.9 Å². The molecule has 1 saturated heterocycles. The van der Waals surface area contributed by atoms with Gasteiger partial charge < -0.3 is 39.5 Å². The second-order valence-corrected chi connectivity index (χ2v) is 13.4. The van der Waals surface area contributed by atoms with Crippen molar-refractivity contribution in [2.24, 2.45) is 5.73 Å². The maximum absolute atomic E-state index is 13.2. The highest BCUT2D eigenvalue weighted by atomic mass is 16.6. The third-order valence-electron chi connectivity index (χ3n) is 5.96. The van der Waals surface area contributed by atoms with Gasteiger partial charge in [0.2, 0.25) is 5.91 Å². The van der Waals surface area contributed by atoms with E-state index in [1.54, 1.807) is 67.2 Å². The first-order valence-corrected chi connectivity index (χ1v) is 14.7. The lowest BCUT2D eigenvalue weighted by Crippen LogP contribution is -2.52. The second-order valence-electron chi connectivity index (χ2n) is 13.4. The number of nitrogens with two attached hydrogens (primary N) is 1. The van der Waals surface area contributed by atoms with Crippen LogP contribution in [0.4, 0.5) is 14.4 Å². The van der Waals surface area contributed by atoms with Crippen molar-refractivity contribution in [2.75, 3.05) is 58.9 Å². The van der Waals surface area contributed by atoms with Gasteiger partial charge in [0.15, 0.2) is 0 Å². The maximum Gasteiger partial charge on any atom is 0.410 e. The molecule has 0 saturated carbocycles. The number of rotatable bonds is 5. The Hall–Kier alpha value is -2.76. The Morgan fingerprint density at radius 2 is 0.805 bits per heavy atom. The average molecular weight is 586 g/mol. The highest BCUT2D eigenvalue weighted by Gasteiger charge is 2.30. The summed E-state index contributed by atoms with van der Waals surface area (Å²) >= 11 is 0. The minimum Gasteiger partial charge on any atom is -0.444 e. The quantitative estimate of drug-likeness (QED) is 0.377. The number of ether oxygens (including phenoxy) is 3. The molecule has 0 radical (unpaired) electrons. The highest BCUT2D eigenvalue weighted by molar-refractivity contribution is 5.76. The van der Waals surface area contributed by atoms with E-state index < -0.39 is 35.1 Å². The predicted octanol–water partition coefficient (Wildman–Crippen LogP) is 4.06. The lowest BCUT2D eigenvalue weighted by molar-refractivity contribution is -0.131. The normalized spacial score (nSPS) is 16.4. The van der Waals surface area contributed by atoms with Gasteiger partial charge in [0.1, 0.15) is 16.8 Å². The van der Waals surface area contributed by atoms with E-state index >= 15 is 0 Å². The standard InChI is InChI=1S/C29H55N5O7/c1-27(2,3)39-24(36)32-17-15-31(23(35)13-11-10-12-14-30)16-18-33(25(37)40-28(4,5)6)20-22-34(21-19-32)26(38)41-29(7,8)9/h10-22,30H2,1-9H3. The van der Waals surface area contributed by atoms with Gasteiger partial charge in [0, 0.05) is 58.8 Å². The molecule has 0 atom stereocenters. The summed E-state index contributed by atoms with van der Waals surface area (Å²) in [5.74, 6) is -0.0530. The Morgan fingerprint density at radius 3 is 1.07 bits per heavy atom. The first-order valence-electron chi connectivity index (χ1n) is 14.7. The van der Waals surface area contributed by atoms with E-state index in [0.29, 0.717) is 19.4 Å². The Balaban J connectivity index is 3.28. The Morgan fingerprint density at radius 1 is 0.512 bits per heavy atom. The van der Waals surface area contributed by atoms with E-state index in [1.165, 1.54) is 14.7 Å². The molecule has 4 amide bonds. The van der Waals surface area contributed by atoms with Gasteiger partial charge in [0.05, 0.1) is 0 Å². The van der Waals surface area contributed by atoms with Crippen molar-refractivity contribution in [2.45, 2.75) is 105 Å². The van der Waals surface area contributed by atoms with Crippen molar-refractivity contribution < 1.29 is 33.4 Å². The Bertz CT molecular complexity index is 817. The molecule has 0 spiro atoms. The first kappa shape index (κ1) is 36.3. The molecule has 0 aromatic carbocycles. The largest absolute Gasteiger partial charge is 0.444 e. The SMILES string of the molecule is CC(C)(C)OC(=O)N1CCN(C(=O)CCCCCN)CCN(C(=O)OC(C)(C)C)CCN(C(=O)OC(C)(C)C)CC1. The summed E-state index contributed by atoms with van der Waals surface area (Å²) < 4.78 is 16.9. The van der Waals surface area contributed by atoms with Crippen molar-refractivity contribution in [1.29, 1.82) is 0 Å². The molecule has 1 fully saturated rings. The topological polar surface area (TPSA) is 135 Å². The molecule has 0 unspecified atom stereocenters. The summed E-state index contributed by atoms with van der Waals surface area (Å²) in [5.41, 5.74) is 3.45. The first-order chi connectivity index (χ1) is 18.8. The smallest absolute Gasteiger partial charge is 0.410 e. The van der Waals surface area contributed by atoms with E-state index in [0.717, 1.165) is 12.8 Å². The number of hydrogen-bond acceptors (Lipinski definition) is 8. The molecule has 238 valence electrons. The number of amides is 4. The Labute approximate surface area is 246 Å². The predicted molar refractivity (Wildman–Crippen MR) is 158 cm³/mol. The summed E-state index contributed by atoms with van der Waals surface area (Å²) in [6.45, 7) is 18.2. The number of carbonyl (C=O) groups excluding carboxylic acids is 4. The van der Waals surface area contributed by atoms with E-state index in [1.807, 2.05) is 0 Å². The zero-order chi connectivity index (χ0) is 31.4. The molecule has 1 rings (SSSR count). The van der Waals surface area contributed by atoms with Crippen LogP contribution in [-0.4, -0.2) is 119 Å². The van der Waals surface area contributed by atoms with Crippen LogP contribution in [0.2, 0.25) is 0 Å². The van der Waals surface area contributed by atoms with E-state index in [9.17, 15) is 19.2 Å². The van der Waals surface area contributed by atoms with Crippen LogP contribution >= 0.6 is 0 Å². The van der Waals surface area contributed by atoms with Gasteiger partial charge in [-0.2, -0.15) is 0 Å². The lowest BCUT2D eigenvalue weighted by atomic mass is 10.1. The monoisotopic (exact) mass is 585 g/mol. The fourth-order valence-corrected chi connectivity index (χ4v) is 3.94. The zero-order valence-corrected chi connectivity index (χ0v) is 26.9. The summed E-state index contributed by atoms with van der Waals surface area (Å²) in [7, 11) is 0. The molecular formula is C29H55N5O7. The molecule has 12 nitrogen and oxygen atoms in total. The fourth-order valence-electron chi connectivity index (χ4n) is 3.94. The number of unbranched alkanes of at least 4 members (excludes halogenated alkanes) is 2. The second kappa shape index (κ2) is 16.0. The number of carbonyl (C=O) groups is 4. The highest BCUT2D eigenvalue weighted by Crippen LogP contribution is 2.15. The van der Waals surface area contributed by atoms with Crippen molar-refractivity contribution in [3.05, 3.63) is 0 Å². The van der Waals surface area contributed by atoms with E-state index in [2.05, 4.69) is 0 Å². The number of nitrogens with zero attached hydrogens (tertiary/aromatic N) is 4. The summed E-state index contributed by atoms with van der Waals surface area (Å²) in [6, 6.07) is 0. The molecule has 0 aromatic rings. The van der Waals surface area contributed by atoms with Crippen molar-refractivity contribution in [1.82, 2.24) is 19.6 Å². The molecule has 0 aromatic heterocycles. The van der Waals surface area contributed by atoms with Crippen LogP contribution in [0.25, 0.3) is 0 Å². The van der Waals surface area contributed by atoms with Gasteiger partial charge in [0.25, 0.3) is 0 Å². The van der Waals surface area contributed by atoms with Gasteiger partial charge >= 0.3 is 18.3 Å². The molecule has 1 aliphatic heterocycles. The summed E-state index contributed by atoms with van der Waals surface area (Å²) in [4.78, 5) is 58.8. The molecule has 12 heteroatoms. The van der Waals surface area contributed by atoms with Gasteiger partial charge in [-0.15, -0.1) is 0 Å². The van der Waals surface area contributed by atoms with Gasteiger partial charge in [-0.05, 0) is 81.7 Å². The van der Waals surface area contributed by atoms with Crippen molar-refractivity contribution in [3.8, 4) is 0 Å². The van der Waals surface area contributed by atoms with Crippen LogP contribution in [0.5, 0.6) is 0 Å². The third-order valence-corrected chi connectivity index (χ3v) is 5.96. The third kappa shape index (κ3) is 15.7. The molecule has 0 aliphatic carbocycles. The molecule has 41 heavy (non-hydrogen) atoms. The van der Waals surface area contributed by atoms with Gasteiger partial charge in [-0.1, -0.05) is 6.42 Å². The fraction of sp³-hybridized carbons (Fsp3) is 0.862. The van der Waals surface area contributed by atoms with E-state index in [-0.39, 0.29) is 58.3 Å². The van der Waals surface area contributed by atoms with Crippen LogP contribution in [0.15, 0.2) is 0 Å². The molecule has 0 bridgehead atoms.